The molecule has 2 aromatic rings. The maximum Gasteiger partial charge on any atom is 0.218 e. The number of nitrogen functional groups attached to an aromatic ring is 1. The van der Waals surface area contributed by atoms with Crippen molar-refractivity contribution in [1.82, 2.24) is 5.32 Å². The van der Waals surface area contributed by atoms with E-state index in [2.05, 4.69) is 11.4 Å². The van der Waals surface area contributed by atoms with Gasteiger partial charge in [0.2, 0.25) is 17.5 Å². The molecule has 0 aromatic heterocycles. The van der Waals surface area contributed by atoms with Crippen molar-refractivity contribution in [2.45, 2.75) is 32.2 Å². The maximum atomic E-state index is 13.2. The first-order valence-electron chi connectivity index (χ1n) is 8.08. The molecule has 0 spiro atoms. The highest BCUT2D eigenvalue weighted by atomic mass is 16.2. The number of benzene rings is 2. The Morgan fingerprint density at radius 2 is 1.88 bits per heavy atom. The molecule has 0 heterocycles. The van der Waals surface area contributed by atoms with Crippen molar-refractivity contribution in [3.8, 4) is 0 Å². The largest absolute Gasteiger partial charge is 0.398 e. The first-order chi connectivity index (χ1) is 11.8. The number of fused-ring (bicyclic) bond motifs is 1. The van der Waals surface area contributed by atoms with Crippen molar-refractivity contribution in [2.24, 2.45) is 0 Å². The van der Waals surface area contributed by atoms with Crippen LogP contribution in [0.5, 0.6) is 0 Å². The fourth-order valence-corrected chi connectivity index (χ4v) is 3.22. The highest BCUT2D eigenvalue weighted by Crippen LogP contribution is 2.40. The highest BCUT2D eigenvalue weighted by molar-refractivity contribution is 6.35. The van der Waals surface area contributed by atoms with Crippen molar-refractivity contribution in [3.63, 3.8) is 0 Å². The summed E-state index contributed by atoms with van der Waals surface area (Å²) in [6, 6.07) is 13.0. The normalized spacial score (nSPS) is 19.2. The third kappa shape index (κ3) is 2.43. The van der Waals surface area contributed by atoms with Gasteiger partial charge < -0.3 is 11.1 Å². The number of hydrogen-bond donors (Lipinski definition) is 2. The molecule has 3 N–H and O–H groups in total. The molecule has 2 aromatic carbocycles. The summed E-state index contributed by atoms with van der Waals surface area (Å²) in [5, 5.41) is 2.57. The van der Waals surface area contributed by atoms with Crippen molar-refractivity contribution >= 4 is 23.2 Å². The van der Waals surface area contributed by atoms with E-state index in [0.29, 0.717) is 5.56 Å². The Kier molecular flexibility index (Phi) is 3.95. The van der Waals surface area contributed by atoms with Crippen LogP contribution in [0, 0.1) is 6.07 Å². The zero-order valence-electron chi connectivity index (χ0n) is 14.3. The van der Waals surface area contributed by atoms with Gasteiger partial charge in [-0.15, -0.1) is 0 Å². The second-order valence-electron chi connectivity index (χ2n) is 6.55. The summed E-state index contributed by atoms with van der Waals surface area (Å²) in [4.78, 5) is 38.1. The van der Waals surface area contributed by atoms with Crippen LogP contribution < -0.4 is 11.1 Å². The van der Waals surface area contributed by atoms with E-state index in [9.17, 15) is 14.4 Å². The van der Waals surface area contributed by atoms with Gasteiger partial charge in [0.05, 0.1) is 5.56 Å². The summed E-state index contributed by atoms with van der Waals surface area (Å²) in [5.74, 6) is -1.20. The summed E-state index contributed by atoms with van der Waals surface area (Å²) < 4.78 is 0. The second kappa shape index (κ2) is 5.84. The van der Waals surface area contributed by atoms with Gasteiger partial charge in [-0.2, -0.15) is 0 Å². The average molecular weight is 335 g/mol. The number of ketones is 2. The number of hydrogen-bond acceptors (Lipinski definition) is 4. The number of nitrogens with one attached hydrogen (secondary N) is 1. The maximum absolute atomic E-state index is 13.2. The lowest BCUT2D eigenvalue weighted by molar-refractivity contribution is -0.120. The number of amides is 1. The molecule has 0 saturated carbocycles. The van der Waals surface area contributed by atoms with Crippen LogP contribution in [0.1, 0.15) is 58.5 Å². The molecule has 0 saturated heterocycles. The van der Waals surface area contributed by atoms with Crippen LogP contribution in [0.15, 0.2) is 36.4 Å². The minimum atomic E-state index is -1.81. The standard InChI is InChI=1S/C20H19N2O3/c1-11(2)13-7-9-14(10-8-13)20(22-12(3)23)18(24)15-5-4-6-16(21)17(15)19(20)25/h4-9,11H,21H2,1-3H3,(H,22,23). The van der Waals surface area contributed by atoms with Crippen LogP contribution >= 0.6 is 0 Å². The molecular weight excluding hydrogens is 316 g/mol. The summed E-state index contributed by atoms with van der Waals surface area (Å²) in [6.45, 7) is 5.35. The Morgan fingerprint density at radius 3 is 2.40 bits per heavy atom. The number of carbonyl (C=O) groups excluding carboxylic acids is 3. The van der Waals surface area contributed by atoms with Gasteiger partial charge in [-0.05, 0) is 23.6 Å². The molecule has 1 aliphatic rings. The van der Waals surface area contributed by atoms with Gasteiger partial charge >= 0.3 is 0 Å². The first-order valence-corrected chi connectivity index (χ1v) is 8.08. The van der Waals surface area contributed by atoms with Crippen molar-refractivity contribution in [2.75, 3.05) is 5.73 Å². The van der Waals surface area contributed by atoms with Crippen LogP contribution in [-0.4, -0.2) is 17.5 Å². The highest BCUT2D eigenvalue weighted by Gasteiger charge is 2.55. The number of anilines is 1. The quantitative estimate of drug-likeness (QED) is 0.666. The molecule has 5 nitrogen and oxygen atoms in total. The molecule has 1 aliphatic carbocycles. The van der Waals surface area contributed by atoms with Crippen molar-refractivity contribution < 1.29 is 14.4 Å². The number of Topliss-reactive ketones (excluding diaryl/α,β-unsaturated/α-hetero) is 2. The van der Waals surface area contributed by atoms with Gasteiger partial charge in [-0.1, -0.05) is 44.2 Å². The molecule has 0 aliphatic heterocycles. The third-order valence-electron chi connectivity index (χ3n) is 4.52. The molecule has 1 atom stereocenters. The summed E-state index contributed by atoms with van der Waals surface area (Å²) in [6.07, 6.45) is 0. The number of rotatable bonds is 3. The molecule has 127 valence electrons. The Morgan fingerprint density at radius 1 is 1.16 bits per heavy atom. The summed E-state index contributed by atoms with van der Waals surface area (Å²) >= 11 is 0. The molecule has 3 rings (SSSR count). The molecule has 0 fully saturated rings. The molecule has 1 amide bonds. The minimum absolute atomic E-state index is 0.155. The van der Waals surface area contributed by atoms with Crippen LogP contribution in [0.4, 0.5) is 5.69 Å². The molecule has 0 bridgehead atoms. The van der Waals surface area contributed by atoms with Gasteiger partial charge in [0.15, 0.2) is 5.54 Å². The van der Waals surface area contributed by atoms with Gasteiger partial charge in [-0.25, -0.2) is 0 Å². The zero-order valence-corrected chi connectivity index (χ0v) is 14.3. The average Bonchev–Trinajstić information content (AvgIpc) is 2.78. The zero-order chi connectivity index (χ0) is 18.4. The third-order valence-corrected chi connectivity index (χ3v) is 4.52. The Bertz CT molecular complexity index is 884. The predicted molar refractivity (Wildman–Crippen MR) is 94.4 cm³/mol. The van der Waals surface area contributed by atoms with Crippen molar-refractivity contribution in [1.29, 1.82) is 0 Å². The van der Waals surface area contributed by atoms with E-state index in [-0.39, 0.29) is 22.7 Å². The molecule has 25 heavy (non-hydrogen) atoms. The Balaban J connectivity index is 2.22. The molecule has 1 radical (unpaired) electrons. The Hall–Kier alpha value is -2.95. The van der Waals surface area contributed by atoms with E-state index in [1.54, 1.807) is 30.3 Å². The summed E-state index contributed by atoms with van der Waals surface area (Å²) in [7, 11) is 0. The topological polar surface area (TPSA) is 89.3 Å². The SMILES string of the molecule is CC(=O)NC1(c2[c]cc(C(C)C)cc2)C(=O)c2cccc(N)c2C1=O. The lowest BCUT2D eigenvalue weighted by Gasteiger charge is -2.27. The van der Waals surface area contributed by atoms with Crippen LogP contribution in [0.25, 0.3) is 0 Å². The lowest BCUT2D eigenvalue weighted by Crippen LogP contribution is -2.53. The van der Waals surface area contributed by atoms with Gasteiger partial charge in [-0.3, -0.25) is 14.4 Å². The van der Waals surface area contributed by atoms with E-state index in [1.165, 1.54) is 6.92 Å². The van der Waals surface area contributed by atoms with Gasteiger partial charge in [0.1, 0.15) is 0 Å². The first kappa shape index (κ1) is 16.9. The van der Waals surface area contributed by atoms with Crippen molar-refractivity contribution in [3.05, 3.63) is 64.7 Å². The van der Waals surface area contributed by atoms with E-state index in [0.717, 1.165) is 5.56 Å². The lowest BCUT2D eigenvalue weighted by atomic mass is 9.83. The van der Waals surface area contributed by atoms with Crippen LogP contribution in [-0.2, 0) is 10.3 Å². The van der Waals surface area contributed by atoms with Gasteiger partial charge in [0, 0.05) is 23.7 Å². The fourth-order valence-electron chi connectivity index (χ4n) is 3.22. The smallest absolute Gasteiger partial charge is 0.218 e. The van der Waals surface area contributed by atoms with Gasteiger partial charge in [0.25, 0.3) is 0 Å². The van der Waals surface area contributed by atoms with Crippen LogP contribution in [0.3, 0.4) is 0 Å². The van der Waals surface area contributed by atoms with E-state index < -0.39 is 23.0 Å². The van der Waals surface area contributed by atoms with E-state index in [1.807, 2.05) is 19.9 Å². The molecular formula is C20H19N2O3. The number of carbonyl (C=O) groups is 3. The molecule has 5 heteroatoms. The van der Waals surface area contributed by atoms with E-state index >= 15 is 0 Å². The summed E-state index contributed by atoms with van der Waals surface area (Å²) in [5.41, 5.74) is 6.06. The Labute approximate surface area is 146 Å². The number of nitrogens with two attached hydrogens (primary N) is 1. The van der Waals surface area contributed by atoms with Crippen LogP contribution in [0.2, 0.25) is 0 Å². The second-order valence-corrected chi connectivity index (χ2v) is 6.55. The monoisotopic (exact) mass is 335 g/mol. The predicted octanol–water partition coefficient (Wildman–Crippen LogP) is 2.60. The molecule has 1 unspecified atom stereocenters. The van der Waals surface area contributed by atoms with E-state index in [4.69, 9.17) is 5.73 Å². The fraction of sp³-hybridized carbons (Fsp3) is 0.250. The minimum Gasteiger partial charge on any atom is -0.398 e.